The lowest BCUT2D eigenvalue weighted by molar-refractivity contribution is -0.122. The number of fused-ring (bicyclic) bond motifs is 1. The van der Waals surface area contributed by atoms with Crippen LogP contribution in [-0.2, 0) is 16.0 Å². The number of ketones is 1. The second-order valence-corrected chi connectivity index (χ2v) is 4.99. The fourth-order valence-corrected chi connectivity index (χ4v) is 2.11. The summed E-state index contributed by atoms with van der Waals surface area (Å²) in [6.45, 7) is 3.35. The van der Waals surface area contributed by atoms with Crippen molar-refractivity contribution in [3.05, 3.63) is 23.8 Å². The number of nitrogens with one attached hydrogen (secondary N) is 1. The van der Waals surface area contributed by atoms with Crippen molar-refractivity contribution in [2.45, 2.75) is 45.6 Å². The van der Waals surface area contributed by atoms with E-state index in [4.69, 9.17) is 4.74 Å². The minimum Gasteiger partial charge on any atom is -0.479 e. The Morgan fingerprint density at radius 1 is 1.37 bits per heavy atom. The van der Waals surface area contributed by atoms with E-state index in [0.717, 1.165) is 36.3 Å². The number of rotatable bonds is 5. The number of benzene rings is 1. The third-order valence-electron chi connectivity index (χ3n) is 3.22. The van der Waals surface area contributed by atoms with Gasteiger partial charge in [0, 0.05) is 6.42 Å². The smallest absolute Gasteiger partial charge is 0.265 e. The highest BCUT2D eigenvalue weighted by Gasteiger charge is 2.23. The lowest BCUT2D eigenvalue weighted by Gasteiger charge is -2.23. The summed E-state index contributed by atoms with van der Waals surface area (Å²) in [5.41, 5.74) is 1.90. The molecule has 0 bridgehead atoms. The van der Waals surface area contributed by atoms with E-state index in [-0.39, 0.29) is 11.7 Å². The molecule has 0 saturated carbocycles. The van der Waals surface area contributed by atoms with Crippen LogP contribution in [0.15, 0.2) is 18.2 Å². The van der Waals surface area contributed by atoms with Gasteiger partial charge in [-0.05, 0) is 50.8 Å². The highest BCUT2D eigenvalue weighted by atomic mass is 16.5. The van der Waals surface area contributed by atoms with Crippen LogP contribution < -0.4 is 10.1 Å². The first kappa shape index (κ1) is 13.6. The van der Waals surface area contributed by atoms with Gasteiger partial charge >= 0.3 is 0 Å². The van der Waals surface area contributed by atoms with Crippen LogP contribution in [-0.4, -0.2) is 17.8 Å². The molecule has 0 spiro atoms. The number of Topliss-reactive ketones (excluding diaryl/α,β-unsaturated/α-hetero) is 1. The van der Waals surface area contributed by atoms with Crippen LogP contribution in [0, 0.1) is 0 Å². The fraction of sp³-hybridized carbons (Fsp3) is 0.467. The van der Waals surface area contributed by atoms with Crippen molar-refractivity contribution in [3.63, 3.8) is 0 Å². The van der Waals surface area contributed by atoms with Gasteiger partial charge in [0.15, 0.2) is 6.10 Å². The summed E-state index contributed by atoms with van der Waals surface area (Å²) in [6, 6.07) is 5.86. The number of carbonyl (C=O) groups is 2. The highest BCUT2D eigenvalue weighted by molar-refractivity contribution is 5.97. The van der Waals surface area contributed by atoms with Gasteiger partial charge in [-0.3, -0.25) is 4.79 Å². The summed E-state index contributed by atoms with van der Waals surface area (Å²) in [6.07, 6.45) is 3.00. The Morgan fingerprint density at radius 2 is 2.16 bits per heavy atom. The number of hydrogen-bond acceptors (Lipinski definition) is 3. The van der Waals surface area contributed by atoms with Gasteiger partial charge in [-0.25, -0.2) is 0 Å². The number of hydrogen-bond donors (Lipinski definition) is 1. The first-order chi connectivity index (χ1) is 9.06. The van der Waals surface area contributed by atoms with Crippen molar-refractivity contribution in [2.24, 2.45) is 0 Å². The van der Waals surface area contributed by atoms with E-state index in [9.17, 15) is 9.59 Å². The molecule has 1 heterocycles. The molecule has 1 amide bonds. The molecule has 4 nitrogen and oxygen atoms in total. The van der Waals surface area contributed by atoms with Gasteiger partial charge in [0.1, 0.15) is 11.5 Å². The van der Waals surface area contributed by atoms with E-state index in [1.807, 2.05) is 18.2 Å². The molecular formula is C15H19NO3. The number of ether oxygens (including phenoxy) is 1. The van der Waals surface area contributed by atoms with E-state index in [1.165, 1.54) is 0 Å². The molecule has 1 atom stereocenters. The zero-order valence-corrected chi connectivity index (χ0v) is 11.4. The Bertz CT molecular complexity index is 496. The van der Waals surface area contributed by atoms with Crippen LogP contribution in [0.1, 0.15) is 38.7 Å². The third kappa shape index (κ3) is 3.56. The van der Waals surface area contributed by atoms with E-state index in [1.54, 1.807) is 13.8 Å². The Morgan fingerprint density at radius 3 is 2.89 bits per heavy atom. The molecule has 4 heteroatoms. The maximum Gasteiger partial charge on any atom is 0.265 e. The molecule has 1 aromatic carbocycles. The third-order valence-corrected chi connectivity index (χ3v) is 3.22. The molecule has 0 aromatic heterocycles. The number of aryl methyl sites for hydroxylation is 1. The van der Waals surface area contributed by atoms with E-state index in [2.05, 4.69) is 5.32 Å². The van der Waals surface area contributed by atoms with Crippen LogP contribution in [0.3, 0.4) is 0 Å². The minimum atomic E-state index is -0.436. The largest absolute Gasteiger partial charge is 0.479 e. The molecule has 102 valence electrons. The van der Waals surface area contributed by atoms with Gasteiger partial charge in [0.2, 0.25) is 0 Å². The predicted molar refractivity (Wildman–Crippen MR) is 73.4 cm³/mol. The normalized spacial score (nSPS) is 17.4. The van der Waals surface area contributed by atoms with Crippen LogP contribution >= 0.6 is 0 Å². The zero-order valence-electron chi connectivity index (χ0n) is 11.4. The Labute approximate surface area is 113 Å². The monoisotopic (exact) mass is 261 g/mol. The molecule has 2 rings (SSSR count). The average Bonchev–Trinajstić information content (AvgIpc) is 2.36. The van der Waals surface area contributed by atoms with Crippen molar-refractivity contribution in [3.8, 4) is 5.75 Å². The average molecular weight is 261 g/mol. The predicted octanol–water partition coefficient (Wildman–Crippen LogP) is 2.71. The van der Waals surface area contributed by atoms with Gasteiger partial charge in [-0.2, -0.15) is 0 Å². The number of unbranched alkanes of at least 4 members (excludes halogenated alkanes) is 1. The first-order valence-electron chi connectivity index (χ1n) is 6.66. The molecular weight excluding hydrogens is 242 g/mol. The second-order valence-electron chi connectivity index (χ2n) is 4.99. The number of amides is 1. The molecule has 1 unspecified atom stereocenters. The molecule has 1 N–H and O–H groups in total. The summed E-state index contributed by atoms with van der Waals surface area (Å²) < 4.78 is 5.50. The summed E-state index contributed by atoms with van der Waals surface area (Å²) in [5.74, 6) is 0.848. The highest BCUT2D eigenvalue weighted by Crippen LogP contribution is 2.30. The van der Waals surface area contributed by atoms with Crippen LogP contribution in [0.25, 0.3) is 0 Å². The molecule has 1 aromatic rings. The minimum absolute atomic E-state index is 0.110. The van der Waals surface area contributed by atoms with Gasteiger partial charge in [-0.15, -0.1) is 0 Å². The molecule has 19 heavy (non-hydrogen) atoms. The zero-order chi connectivity index (χ0) is 13.8. The topological polar surface area (TPSA) is 55.4 Å². The quantitative estimate of drug-likeness (QED) is 0.829. The molecule has 0 saturated heterocycles. The van der Waals surface area contributed by atoms with E-state index in [0.29, 0.717) is 6.42 Å². The van der Waals surface area contributed by atoms with Crippen LogP contribution in [0.5, 0.6) is 5.75 Å². The summed E-state index contributed by atoms with van der Waals surface area (Å²) in [5, 5.41) is 2.84. The van der Waals surface area contributed by atoms with Crippen molar-refractivity contribution in [1.29, 1.82) is 0 Å². The summed E-state index contributed by atoms with van der Waals surface area (Å²) >= 11 is 0. The maximum absolute atomic E-state index is 11.5. The fourth-order valence-electron chi connectivity index (χ4n) is 2.11. The van der Waals surface area contributed by atoms with Crippen molar-refractivity contribution >= 4 is 17.4 Å². The number of carbonyl (C=O) groups excluding carboxylic acids is 2. The lowest BCUT2D eigenvalue weighted by Crippen LogP contribution is -2.34. The van der Waals surface area contributed by atoms with Gasteiger partial charge in [0.05, 0.1) is 5.69 Å². The van der Waals surface area contributed by atoms with Crippen molar-refractivity contribution in [2.75, 3.05) is 5.32 Å². The molecule has 0 aliphatic carbocycles. The molecule has 1 aliphatic heterocycles. The van der Waals surface area contributed by atoms with Crippen LogP contribution in [0.2, 0.25) is 0 Å². The van der Waals surface area contributed by atoms with E-state index >= 15 is 0 Å². The Hall–Kier alpha value is -1.84. The Kier molecular flexibility index (Phi) is 4.20. The molecule has 0 fully saturated rings. The van der Waals surface area contributed by atoms with Gasteiger partial charge in [-0.1, -0.05) is 6.07 Å². The number of anilines is 1. The van der Waals surface area contributed by atoms with E-state index < -0.39 is 6.10 Å². The Balaban J connectivity index is 1.95. The second kappa shape index (κ2) is 5.87. The lowest BCUT2D eigenvalue weighted by atomic mass is 10.0. The van der Waals surface area contributed by atoms with Gasteiger partial charge < -0.3 is 14.8 Å². The maximum atomic E-state index is 11.5. The molecule has 0 radical (unpaired) electrons. The van der Waals surface area contributed by atoms with Crippen LogP contribution in [0.4, 0.5) is 5.69 Å². The van der Waals surface area contributed by atoms with Crippen molar-refractivity contribution < 1.29 is 14.3 Å². The standard InChI is InChI=1S/C15H19NO3/c1-10(17)5-3-4-6-12-7-8-14-13(9-12)16-15(18)11(2)19-14/h7-9,11H,3-6H2,1-2H3,(H,16,18). The van der Waals surface area contributed by atoms with Crippen molar-refractivity contribution in [1.82, 2.24) is 0 Å². The first-order valence-corrected chi connectivity index (χ1v) is 6.66. The summed E-state index contributed by atoms with van der Waals surface area (Å²) in [4.78, 5) is 22.4. The van der Waals surface area contributed by atoms with Gasteiger partial charge in [0.25, 0.3) is 5.91 Å². The SMILES string of the molecule is CC(=O)CCCCc1ccc2c(c1)NC(=O)C(C)O2. The molecule has 1 aliphatic rings. The summed E-state index contributed by atoms with van der Waals surface area (Å²) in [7, 11) is 0.